The Bertz CT molecular complexity index is 320. The number of ether oxygens (including phenoxy) is 1. The summed E-state index contributed by atoms with van der Waals surface area (Å²) in [5, 5.41) is 11.4. The van der Waals surface area contributed by atoms with E-state index in [2.05, 4.69) is 22.4 Å². The van der Waals surface area contributed by atoms with Crippen LogP contribution >= 0.6 is 0 Å². The molecule has 1 saturated heterocycles. The van der Waals surface area contributed by atoms with Crippen LogP contribution in [0.4, 0.5) is 0 Å². The van der Waals surface area contributed by atoms with Gasteiger partial charge >= 0.3 is 0 Å². The van der Waals surface area contributed by atoms with Crippen molar-refractivity contribution < 1.29 is 4.74 Å². The fourth-order valence-corrected chi connectivity index (χ4v) is 2.05. The van der Waals surface area contributed by atoms with Crippen molar-refractivity contribution in [3.05, 3.63) is 12.2 Å². The summed E-state index contributed by atoms with van der Waals surface area (Å²) < 4.78 is 7.61. The van der Waals surface area contributed by atoms with Gasteiger partial charge in [0.15, 0.2) is 0 Å². The molecule has 2 rings (SSSR count). The van der Waals surface area contributed by atoms with Crippen molar-refractivity contribution in [1.82, 2.24) is 20.1 Å². The highest BCUT2D eigenvalue weighted by Crippen LogP contribution is 2.13. The smallest absolute Gasteiger partial charge is 0.149 e. The Morgan fingerprint density at radius 2 is 2.50 bits per heavy atom. The number of rotatable bonds is 4. The Morgan fingerprint density at radius 3 is 3.12 bits per heavy atom. The van der Waals surface area contributed by atoms with E-state index in [4.69, 9.17) is 4.74 Å². The highest BCUT2D eigenvalue weighted by atomic mass is 16.5. The number of hydrogen-bond donors (Lipinski definition) is 1. The summed E-state index contributed by atoms with van der Waals surface area (Å²) in [6.45, 7) is 3.91. The fraction of sp³-hybridized carbons (Fsp3) is 0.818. The van der Waals surface area contributed by atoms with E-state index in [9.17, 15) is 0 Å². The van der Waals surface area contributed by atoms with Gasteiger partial charge in [0, 0.05) is 20.2 Å². The summed E-state index contributed by atoms with van der Waals surface area (Å²) in [6.07, 6.45) is 5.74. The van der Waals surface area contributed by atoms with Crippen molar-refractivity contribution in [1.29, 1.82) is 0 Å². The van der Waals surface area contributed by atoms with E-state index < -0.39 is 0 Å². The number of aryl methyl sites for hydroxylation is 1. The molecule has 5 nitrogen and oxygen atoms in total. The minimum absolute atomic E-state index is 0.220. The monoisotopic (exact) mass is 224 g/mol. The van der Waals surface area contributed by atoms with E-state index in [1.807, 2.05) is 11.6 Å². The first-order valence-corrected chi connectivity index (χ1v) is 5.96. The number of nitrogens with zero attached hydrogens (tertiary/aromatic N) is 3. The molecule has 0 bridgehead atoms. The molecule has 0 amide bonds. The predicted octanol–water partition coefficient (Wildman–Crippen LogP) is 1.03. The van der Waals surface area contributed by atoms with E-state index in [1.165, 1.54) is 19.3 Å². The second-order valence-corrected chi connectivity index (χ2v) is 4.42. The third kappa shape index (κ3) is 2.80. The first kappa shape index (κ1) is 11.5. The molecule has 2 atom stereocenters. The number of nitrogens with one attached hydrogen (secondary N) is 1. The first-order chi connectivity index (χ1) is 7.77. The van der Waals surface area contributed by atoms with E-state index in [0.29, 0.717) is 6.10 Å². The van der Waals surface area contributed by atoms with Gasteiger partial charge in [0.2, 0.25) is 0 Å². The van der Waals surface area contributed by atoms with Gasteiger partial charge in [-0.25, -0.2) is 0 Å². The van der Waals surface area contributed by atoms with E-state index in [-0.39, 0.29) is 6.04 Å². The number of hydrogen-bond acceptors (Lipinski definition) is 4. The molecule has 1 aromatic heterocycles. The third-order valence-electron chi connectivity index (χ3n) is 3.06. The maximum atomic E-state index is 5.67. The zero-order chi connectivity index (χ0) is 11.4. The van der Waals surface area contributed by atoms with Crippen LogP contribution in [0.5, 0.6) is 0 Å². The summed E-state index contributed by atoms with van der Waals surface area (Å²) in [4.78, 5) is 0. The van der Waals surface area contributed by atoms with Gasteiger partial charge < -0.3 is 14.6 Å². The lowest BCUT2D eigenvalue weighted by Gasteiger charge is -2.24. The molecule has 1 aromatic rings. The molecule has 90 valence electrons. The van der Waals surface area contributed by atoms with Crippen LogP contribution in [0.2, 0.25) is 0 Å². The summed E-state index contributed by atoms with van der Waals surface area (Å²) >= 11 is 0. The molecular weight excluding hydrogens is 204 g/mol. The lowest BCUT2D eigenvalue weighted by Crippen LogP contribution is -2.34. The Labute approximate surface area is 96.2 Å². The second-order valence-electron chi connectivity index (χ2n) is 4.42. The molecule has 1 N–H and O–H groups in total. The molecule has 0 radical (unpaired) electrons. The molecule has 1 aliphatic heterocycles. The van der Waals surface area contributed by atoms with Crippen LogP contribution in [0.3, 0.4) is 0 Å². The summed E-state index contributed by atoms with van der Waals surface area (Å²) in [5.74, 6) is 0.968. The van der Waals surface area contributed by atoms with Crippen LogP contribution in [-0.2, 0) is 11.8 Å². The molecule has 0 spiro atoms. The van der Waals surface area contributed by atoms with Crippen LogP contribution in [0.25, 0.3) is 0 Å². The maximum absolute atomic E-state index is 5.67. The van der Waals surface area contributed by atoms with Gasteiger partial charge in [-0.15, -0.1) is 10.2 Å². The molecule has 1 aliphatic rings. The number of aromatic nitrogens is 3. The molecule has 2 unspecified atom stereocenters. The average Bonchev–Trinajstić information content (AvgIpc) is 2.74. The molecule has 16 heavy (non-hydrogen) atoms. The van der Waals surface area contributed by atoms with Crippen molar-refractivity contribution in [3.63, 3.8) is 0 Å². The Kier molecular flexibility index (Phi) is 3.90. The highest BCUT2D eigenvalue weighted by Gasteiger charge is 2.16. The topological polar surface area (TPSA) is 52.0 Å². The van der Waals surface area contributed by atoms with Crippen LogP contribution in [0.1, 0.15) is 38.1 Å². The first-order valence-electron chi connectivity index (χ1n) is 5.96. The molecule has 0 saturated carbocycles. The minimum Gasteiger partial charge on any atom is -0.377 e. The highest BCUT2D eigenvalue weighted by molar-refractivity contribution is 4.92. The molecule has 5 heteroatoms. The van der Waals surface area contributed by atoms with E-state index in [0.717, 1.165) is 19.0 Å². The van der Waals surface area contributed by atoms with Gasteiger partial charge in [0.05, 0.1) is 12.1 Å². The lowest BCUT2D eigenvalue weighted by molar-refractivity contribution is 0.0154. The van der Waals surface area contributed by atoms with E-state index >= 15 is 0 Å². The van der Waals surface area contributed by atoms with Crippen LogP contribution < -0.4 is 5.32 Å². The average molecular weight is 224 g/mol. The third-order valence-corrected chi connectivity index (χ3v) is 3.06. The van der Waals surface area contributed by atoms with Crippen molar-refractivity contribution >= 4 is 0 Å². The van der Waals surface area contributed by atoms with Crippen molar-refractivity contribution in [3.8, 4) is 0 Å². The van der Waals surface area contributed by atoms with Gasteiger partial charge in [0.1, 0.15) is 12.2 Å². The fourth-order valence-electron chi connectivity index (χ4n) is 2.05. The maximum Gasteiger partial charge on any atom is 0.149 e. The van der Waals surface area contributed by atoms with Gasteiger partial charge in [-0.1, -0.05) is 0 Å². The van der Waals surface area contributed by atoms with Crippen molar-refractivity contribution in [2.45, 2.75) is 38.3 Å². The summed E-state index contributed by atoms with van der Waals surface area (Å²) in [7, 11) is 1.96. The van der Waals surface area contributed by atoms with Gasteiger partial charge in [-0.05, 0) is 26.2 Å². The molecule has 1 fully saturated rings. The minimum atomic E-state index is 0.220. The SMILES string of the molecule is CC(NCC1CCCCO1)c1nncn1C. The van der Waals surface area contributed by atoms with Gasteiger partial charge in [0.25, 0.3) is 0 Å². The van der Waals surface area contributed by atoms with Gasteiger partial charge in [-0.2, -0.15) is 0 Å². The molecule has 2 heterocycles. The zero-order valence-corrected chi connectivity index (χ0v) is 10.0. The predicted molar refractivity (Wildman–Crippen MR) is 61.0 cm³/mol. The Balaban J connectivity index is 1.79. The van der Waals surface area contributed by atoms with E-state index in [1.54, 1.807) is 6.33 Å². The zero-order valence-electron chi connectivity index (χ0n) is 10.0. The van der Waals surface area contributed by atoms with Crippen molar-refractivity contribution in [2.24, 2.45) is 7.05 Å². The van der Waals surface area contributed by atoms with Crippen molar-refractivity contribution in [2.75, 3.05) is 13.2 Å². The van der Waals surface area contributed by atoms with Crippen LogP contribution in [0.15, 0.2) is 6.33 Å². The summed E-state index contributed by atoms with van der Waals surface area (Å²) in [6, 6.07) is 0.220. The largest absolute Gasteiger partial charge is 0.377 e. The second kappa shape index (κ2) is 5.41. The Hall–Kier alpha value is -0.940. The molecule has 0 aromatic carbocycles. The Morgan fingerprint density at radius 1 is 1.62 bits per heavy atom. The van der Waals surface area contributed by atoms with Crippen LogP contribution in [0, 0.1) is 0 Å². The summed E-state index contributed by atoms with van der Waals surface area (Å²) in [5.41, 5.74) is 0. The van der Waals surface area contributed by atoms with Gasteiger partial charge in [-0.3, -0.25) is 0 Å². The lowest BCUT2D eigenvalue weighted by atomic mass is 10.1. The molecular formula is C11H20N4O. The normalized spacial score (nSPS) is 23.2. The quantitative estimate of drug-likeness (QED) is 0.830. The molecule has 0 aliphatic carbocycles. The standard InChI is InChI=1S/C11H20N4O/c1-9(11-14-13-8-15(11)2)12-7-10-5-3-4-6-16-10/h8-10,12H,3-7H2,1-2H3. The van der Waals surface area contributed by atoms with Crippen LogP contribution in [-0.4, -0.2) is 34.0 Å².